The lowest BCUT2D eigenvalue weighted by Gasteiger charge is -2.20. The number of carbonyl (C=O) groups excluding carboxylic acids is 1. The van der Waals surface area contributed by atoms with E-state index in [1.54, 1.807) is 32.9 Å². The van der Waals surface area contributed by atoms with Gasteiger partial charge in [0, 0.05) is 12.2 Å². The summed E-state index contributed by atoms with van der Waals surface area (Å²) in [5.41, 5.74) is 0.472. The zero-order chi connectivity index (χ0) is 17.0. The van der Waals surface area contributed by atoms with Gasteiger partial charge in [-0.3, -0.25) is 5.32 Å². The van der Waals surface area contributed by atoms with Crippen molar-refractivity contribution >= 4 is 17.5 Å². The van der Waals surface area contributed by atoms with Gasteiger partial charge in [0.15, 0.2) is 0 Å². The lowest BCUT2D eigenvalue weighted by atomic mass is 9.92. The molecule has 0 radical (unpaired) electrons. The summed E-state index contributed by atoms with van der Waals surface area (Å²) in [5, 5.41) is 5.67. The molecule has 4 nitrogen and oxygen atoms in total. The third-order valence-electron chi connectivity index (χ3n) is 2.81. The fourth-order valence-corrected chi connectivity index (χ4v) is 1.73. The molecule has 0 heterocycles. The number of benzene rings is 1. The van der Waals surface area contributed by atoms with E-state index in [0.29, 0.717) is 0 Å². The van der Waals surface area contributed by atoms with Crippen molar-refractivity contribution < 1.29 is 13.9 Å². The van der Waals surface area contributed by atoms with Gasteiger partial charge in [-0.2, -0.15) is 0 Å². The Morgan fingerprint density at radius 1 is 1.18 bits per heavy atom. The molecule has 0 saturated heterocycles. The fourth-order valence-electron chi connectivity index (χ4n) is 1.73. The molecule has 22 heavy (non-hydrogen) atoms. The Kier molecular flexibility index (Phi) is 5.80. The van der Waals surface area contributed by atoms with Crippen molar-refractivity contribution in [2.24, 2.45) is 5.41 Å². The summed E-state index contributed by atoms with van der Waals surface area (Å²) in [6.45, 7) is 12.5. The van der Waals surface area contributed by atoms with E-state index >= 15 is 0 Å². The second-order valence-electron chi connectivity index (χ2n) is 7.56. The molecule has 0 aliphatic heterocycles. The largest absolute Gasteiger partial charge is 0.444 e. The molecular weight excluding hydrogens is 283 g/mol. The van der Waals surface area contributed by atoms with Gasteiger partial charge in [-0.25, -0.2) is 9.18 Å². The van der Waals surface area contributed by atoms with Gasteiger partial charge in [-0.1, -0.05) is 20.8 Å². The van der Waals surface area contributed by atoms with E-state index in [4.69, 9.17) is 4.74 Å². The average Bonchev–Trinajstić information content (AvgIpc) is 2.29. The van der Waals surface area contributed by atoms with Crippen LogP contribution in [0.3, 0.4) is 0 Å². The first-order valence-corrected chi connectivity index (χ1v) is 7.50. The van der Waals surface area contributed by atoms with Crippen molar-refractivity contribution in [1.82, 2.24) is 0 Å². The van der Waals surface area contributed by atoms with Crippen molar-refractivity contribution in [2.75, 3.05) is 17.2 Å². The van der Waals surface area contributed by atoms with Crippen LogP contribution in [0.25, 0.3) is 0 Å². The van der Waals surface area contributed by atoms with Gasteiger partial charge in [-0.05, 0) is 50.8 Å². The predicted molar refractivity (Wildman–Crippen MR) is 88.8 cm³/mol. The van der Waals surface area contributed by atoms with Crippen LogP contribution in [0, 0.1) is 11.2 Å². The Labute approximate surface area is 132 Å². The molecule has 0 bridgehead atoms. The summed E-state index contributed by atoms with van der Waals surface area (Å²) in [6, 6.07) is 4.55. The van der Waals surface area contributed by atoms with Crippen LogP contribution in [0.15, 0.2) is 18.2 Å². The summed E-state index contributed by atoms with van der Waals surface area (Å²) in [7, 11) is 0. The Bertz CT molecular complexity index is 516. The van der Waals surface area contributed by atoms with Crippen LogP contribution in [0.1, 0.15) is 48.0 Å². The van der Waals surface area contributed by atoms with Crippen LogP contribution in [0.2, 0.25) is 0 Å². The first kappa shape index (κ1) is 18.3. The number of hydrogen-bond donors (Lipinski definition) is 2. The Balaban J connectivity index is 2.68. The molecule has 0 unspecified atom stereocenters. The monoisotopic (exact) mass is 310 g/mol. The van der Waals surface area contributed by atoms with E-state index in [0.717, 1.165) is 18.7 Å². The highest BCUT2D eigenvalue weighted by Gasteiger charge is 2.17. The molecule has 2 N–H and O–H groups in total. The molecule has 1 aromatic rings. The number of carbonyl (C=O) groups is 1. The van der Waals surface area contributed by atoms with E-state index in [1.807, 2.05) is 0 Å². The number of halogens is 1. The van der Waals surface area contributed by atoms with Gasteiger partial charge >= 0.3 is 6.09 Å². The molecule has 124 valence electrons. The standard InChI is InChI=1S/C17H27FN2O2/c1-16(2,3)9-10-19-12-7-8-13(18)14(11-12)20-15(21)22-17(4,5)6/h7-8,11,19H,9-10H2,1-6H3,(H,20,21). The first-order valence-electron chi connectivity index (χ1n) is 7.50. The molecule has 0 fully saturated rings. The number of rotatable bonds is 4. The Morgan fingerprint density at radius 2 is 1.82 bits per heavy atom. The second-order valence-corrected chi connectivity index (χ2v) is 7.56. The lowest BCUT2D eigenvalue weighted by molar-refractivity contribution is 0.0635. The highest BCUT2D eigenvalue weighted by molar-refractivity contribution is 5.85. The zero-order valence-corrected chi connectivity index (χ0v) is 14.3. The number of ether oxygens (including phenoxy) is 1. The summed E-state index contributed by atoms with van der Waals surface area (Å²) in [6.07, 6.45) is 0.317. The number of amides is 1. The molecule has 1 amide bonds. The molecule has 0 aromatic heterocycles. The predicted octanol–water partition coefficient (Wildman–Crippen LogP) is 5.02. The highest BCUT2D eigenvalue weighted by Crippen LogP contribution is 2.22. The Morgan fingerprint density at radius 3 is 2.36 bits per heavy atom. The van der Waals surface area contributed by atoms with Gasteiger partial charge in [0.1, 0.15) is 11.4 Å². The van der Waals surface area contributed by atoms with Crippen molar-refractivity contribution in [3.05, 3.63) is 24.0 Å². The third-order valence-corrected chi connectivity index (χ3v) is 2.81. The highest BCUT2D eigenvalue weighted by atomic mass is 19.1. The average molecular weight is 310 g/mol. The van der Waals surface area contributed by atoms with Crippen LogP contribution in [-0.4, -0.2) is 18.2 Å². The maximum Gasteiger partial charge on any atom is 0.412 e. The van der Waals surface area contributed by atoms with Crippen LogP contribution in [0.5, 0.6) is 0 Å². The molecule has 1 aromatic carbocycles. The minimum absolute atomic E-state index is 0.106. The molecule has 0 aliphatic carbocycles. The first-order chi connectivity index (χ1) is 9.96. The van der Waals surface area contributed by atoms with Crippen molar-refractivity contribution in [3.8, 4) is 0 Å². The normalized spacial score (nSPS) is 12.0. The van der Waals surface area contributed by atoms with E-state index in [9.17, 15) is 9.18 Å². The van der Waals surface area contributed by atoms with Gasteiger partial charge in [-0.15, -0.1) is 0 Å². The quantitative estimate of drug-likeness (QED) is 0.821. The SMILES string of the molecule is CC(C)(C)CCNc1ccc(F)c(NC(=O)OC(C)(C)C)c1. The molecule has 0 atom stereocenters. The van der Waals surface area contributed by atoms with Crippen molar-refractivity contribution in [1.29, 1.82) is 0 Å². The topological polar surface area (TPSA) is 50.4 Å². The van der Waals surface area contributed by atoms with Gasteiger partial charge in [0.05, 0.1) is 5.69 Å². The number of hydrogen-bond acceptors (Lipinski definition) is 3. The number of nitrogens with one attached hydrogen (secondary N) is 2. The van der Waals surface area contributed by atoms with Crippen LogP contribution in [0.4, 0.5) is 20.6 Å². The van der Waals surface area contributed by atoms with Gasteiger partial charge in [0.25, 0.3) is 0 Å². The maximum absolute atomic E-state index is 13.8. The van der Waals surface area contributed by atoms with Crippen molar-refractivity contribution in [3.63, 3.8) is 0 Å². The third kappa shape index (κ3) is 7.29. The zero-order valence-electron chi connectivity index (χ0n) is 14.3. The lowest BCUT2D eigenvalue weighted by Crippen LogP contribution is -2.27. The van der Waals surface area contributed by atoms with E-state index in [-0.39, 0.29) is 11.1 Å². The van der Waals surface area contributed by atoms with Crippen LogP contribution in [-0.2, 0) is 4.74 Å². The van der Waals surface area contributed by atoms with E-state index in [2.05, 4.69) is 31.4 Å². The van der Waals surface area contributed by atoms with Gasteiger partial charge in [0.2, 0.25) is 0 Å². The molecule has 1 rings (SSSR count). The molecular formula is C17H27FN2O2. The maximum atomic E-state index is 13.8. The van der Waals surface area contributed by atoms with Gasteiger partial charge < -0.3 is 10.1 Å². The van der Waals surface area contributed by atoms with Crippen LogP contribution >= 0.6 is 0 Å². The van der Waals surface area contributed by atoms with Crippen LogP contribution < -0.4 is 10.6 Å². The summed E-state index contributed by atoms with van der Waals surface area (Å²) >= 11 is 0. The minimum Gasteiger partial charge on any atom is -0.444 e. The number of anilines is 2. The minimum atomic E-state index is -0.668. The smallest absolute Gasteiger partial charge is 0.412 e. The molecule has 0 aliphatic rings. The summed E-state index contributed by atoms with van der Waals surface area (Å²) in [4.78, 5) is 11.7. The molecule has 0 saturated carbocycles. The van der Waals surface area contributed by atoms with Crippen molar-refractivity contribution in [2.45, 2.75) is 53.6 Å². The Hall–Kier alpha value is -1.78. The second kappa shape index (κ2) is 6.99. The van der Waals surface area contributed by atoms with E-state index < -0.39 is 17.5 Å². The summed E-state index contributed by atoms with van der Waals surface area (Å²) in [5.74, 6) is -0.493. The fraction of sp³-hybridized carbons (Fsp3) is 0.588. The molecule has 5 heteroatoms. The van der Waals surface area contributed by atoms with E-state index in [1.165, 1.54) is 6.07 Å². The molecule has 0 spiro atoms. The summed E-state index contributed by atoms with van der Waals surface area (Å²) < 4.78 is 18.9.